The molecule has 8 heteroatoms. The van der Waals surface area contributed by atoms with Crippen LogP contribution >= 0.6 is 0 Å². The highest BCUT2D eigenvalue weighted by Crippen LogP contribution is 2.26. The van der Waals surface area contributed by atoms with Crippen molar-refractivity contribution in [3.05, 3.63) is 65.9 Å². The average Bonchev–Trinajstić information content (AvgIpc) is 3.09. The number of hydrogen-bond acceptors (Lipinski definition) is 4. The van der Waals surface area contributed by atoms with Crippen LogP contribution in [0.15, 0.2) is 48.7 Å². The molecule has 0 atom stereocenters. The van der Waals surface area contributed by atoms with E-state index in [9.17, 15) is 13.6 Å². The summed E-state index contributed by atoms with van der Waals surface area (Å²) in [6, 6.07) is 10.3. The zero-order valence-electron chi connectivity index (χ0n) is 16.4. The summed E-state index contributed by atoms with van der Waals surface area (Å²) in [5.74, 6) is -0.426. The predicted molar refractivity (Wildman–Crippen MR) is 104 cm³/mol. The van der Waals surface area contributed by atoms with Crippen LogP contribution in [0.2, 0.25) is 0 Å². The van der Waals surface area contributed by atoms with Gasteiger partial charge in [-0.05, 0) is 36.4 Å². The van der Waals surface area contributed by atoms with Crippen molar-refractivity contribution in [3.8, 4) is 22.8 Å². The average molecular weight is 401 g/mol. The van der Waals surface area contributed by atoms with E-state index in [0.29, 0.717) is 12.3 Å². The number of carbonyl (C=O) groups excluding carboxylic acids is 1. The molecular formula is C21H21F2N3O3. The van der Waals surface area contributed by atoms with Crippen LogP contribution in [0.4, 0.5) is 8.78 Å². The molecule has 1 heterocycles. The lowest BCUT2D eigenvalue weighted by atomic mass is 10.1. The molecule has 1 aromatic heterocycles. The smallest absolute Gasteiger partial charge is 0.257 e. The maximum atomic E-state index is 14.2. The highest BCUT2D eigenvalue weighted by atomic mass is 19.1. The Labute approximate surface area is 167 Å². The van der Waals surface area contributed by atoms with E-state index in [2.05, 4.69) is 5.10 Å². The number of halogens is 2. The molecule has 3 rings (SSSR count). The highest BCUT2D eigenvalue weighted by Gasteiger charge is 2.22. The molecule has 0 radical (unpaired) electrons. The number of likely N-dealkylation sites (N-methyl/N-ethyl adjacent to an activating group) is 1. The summed E-state index contributed by atoms with van der Waals surface area (Å²) >= 11 is 0. The molecule has 152 valence electrons. The molecule has 0 aliphatic carbocycles. The third-order valence-electron chi connectivity index (χ3n) is 4.35. The lowest BCUT2D eigenvalue weighted by molar-refractivity contribution is 0.0774. The van der Waals surface area contributed by atoms with Gasteiger partial charge in [0.05, 0.1) is 19.2 Å². The molecule has 3 aromatic rings. The Morgan fingerprint density at radius 3 is 2.48 bits per heavy atom. The third-order valence-corrected chi connectivity index (χ3v) is 4.35. The van der Waals surface area contributed by atoms with Crippen molar-refractivity contribution in [1.82, 2.24) is 14.7 Å². The van der Waals surface area contributed by atoms with Crippen molar-refractivity contribution >= 4 is 5.91 Å². The van der Waals surface area contributed by atoms with E-state index in [4.69, 9.17) is 9.47 Å². The first-order valence-electron chi connectivity index (χ1n) is 8.90. The van der Waals surface area contributed by atoms with Gasteiger partial charge in [0.2, 0.25) is 0 Å². The van der Waals surface area contributed by atoms with Crippen molar-refractivity contribution in [3.63, 3.8) is 0 Å². The van der Waals surface area contributed by atoms with E-state index in [1.807, 2.05) is 0 Å². The third kappa shape index (κ3) is 4.71. The van der Waals surface area contributed by atoms with E-state index in [1.54, 1.807) is 45.5 Å². The number of nitrogens with zero attached hydrogens (tertiary/aromatic N) is 3. The number of carbonyl (C=O) groups is 1. The largest absolute Gasteiger partial charge is 0.497 e. The molecule has 0 bridgehead atoms. The summed E-state index contributed by atoms with van der Waals surface area (Å²) in [6.07, 6.45) is 1.52. The molecule has 0 saturated heterocycles. The first kappa shape index (κ1) is 20.3. The van der Waals surface area contributed by atoms with Gasteiger partial charge in [-0.25, -0.2) is 8.78 Å². The van der Waals surface area contributed by atoms with Crippen LogP contribution in [0.1, 0.15) is 10.4 Å². The van der Waals surface area contributed by atoms with Gasteiger partial charge in [0.15, 0.2) is 0 Å². The van der Waals surface area contributed by atoms with Crippen LogP contribution in [0.5, 0.6) is 11.5 Å². The SMILES string of the molecule is COc1ccc(OCCN(C)C(=O)c2cn(C)nc2-c2ccc(F)cc2F)cc1. The van der Waals surface area contributed by atoms with Gasteiger partial charge >= 0.3 is 0 Å². The Hall–Kier alpha value is -3.42. The normalized spacial score (nSPS) is 10.7. The first-order chi connectivity index (χ1) is 13.9. The lowest BCUT2D eigenvalue weighted by Gasteiger charge is -2.17. The van der Waals surface area contributed by atoms with E-state index >= 15 is 0 Å². The number of amides is 1. The summed E-state index contributed by atoms with van der Waals surface area (Å²) < 4.78 is 39.6. The van der Waals surface area contributed by atoms with Crippen LogP contribution in [0.3, 0.4) is 0 Å². The van der Waals surface area contributed by atoms with Crippen molar-refractivity contribution in [2.24, 2.45) is 7.05 Å². The Morgan fingerprint density at radius 1 is 1.14 bits per heavy atom. The molecule has 0 aliphatic heterocycles. The Kier molecular flexibility index (Phi) is 6.11. The number of methoxy groups -OCH3 is 1. The van der Waals surface area contributed by atoms with Crippen molar-refractivity contribution in [1.29, 1.82) is 0 Å². The highest BCUT2D eigenvalue weighted by molar-refractivity contribution is 5.99. The molecule has 0 aliphatic rings. The van der Waals surface area contributed by atoms with Crippen LogP contribution < -0.4 is 9.47 Å². The van der Waals surface area contributed by atoms with E-state index in [-0.39, 0.29) is 29.3 Å². The summed E-state index contributed by atoms with van der Waals surface area (Å²) in [7, 11) is 4.84. The molecule has 0 N–H and O–H groups in total. The summed E-state index contributed by atoms with van der Waals surface area (Å²) in [4.78, 5) is 14.3. The first-order valence-corrected chi connectivity index (χ1v) is 8.90. The van der Waals surface area contributed by atoms with Crippen molar-refractivity contribution in [2.75, 3.05) is 27.3 Å². The van der Waals surface area contributed by atoms with Gasteiger partial charge in [0.25, 0.3) is 5.91 Å². The Bertz CT molecular complexity index is 1000. The fraction of sp³-hybridized carbons (Fsp3) is 0.238. The quantitative estimate of drug-likeness (QED) is 0.608. The van der Waals surface area contributed by atoms with Crippen molar-refractivity contribution < 1.29 is 23.0 Å². The molecule has 2 aromatic carbocycles. The summed E-state index contributed by atoms with van der Waals surface area (Å²) in [5, 5.41) is 4.18. The predicted octanol–water partition coefficient (Wildman–Crippen LogP) is 3.52. The minimum Gasteiger partial charge on any atom is -0.497 e. The monoisotopic (exact) mass is 401 g/mol. The number of aromatic nitrogens is 2. The zero-order chi connectivity index (χ0) is 21.0. The Morgan fingerprint density at radius 2 is 1.83 bits per heavy atom. The second-order valence-corrected chi connectivity index (χ2v) is 6.44. The van der Waals surface area contributed by atoms with Crippen LogP contribution in [-0.2, 0) is 7.05 Å². The topological polar surface area (TPSA) is 56.6 Å². The minimum atomic E-state index is -0.775. The maximum absolute atomic E-state index is 14.2. The molecular weight excluding hydrogens is 380 g/mol. The lowest BCUT2D eigenvalue weighted by Crippen LogP contribution is -2.31. The zero-order valence-corrected chi connectivity index (χ0v) is 16.4. The molecule has 1 amide bonds. The summed E-state index contributed by atoms with van der Waals surface area (Å²) in [6.45, 7) is 0.584. The minimum absolute atomic E-state index is 0.0678. The number of rotatable bonds is 7. The van der Waals surface area contributed by atoms with E-state index < -0.39 is 11.6 Å². The number of ether oxygens (including phenoxy) is 2. The van der Waals surface area contributed by atoms with E-state index in [0.717, 1.165) is 17.9 Å². The molecule has 0 fully saturated rings. The van der Waals surface area contributed by atoms with Crippen LogP contribution in [0.25, 0.3) is 11.3 Å². The van der Waals surface area contributed by atoms with Gasteiger partial charge in [0, 0.05) is 31.9 Å². The van der Waals surface area contributed by atoms with Gasteiger partial charge in [-0.2, -0.15) is 5.10 Å². The van der Waals surface area contributed by atoms with Gasteiger partial charge < -0.3 is 14.4 Å². The number of hydrogen-bond donors (Lipinski definition) is 0. The second-order valence-electron chi connectivity index (χ2n) is 6.44. The molecule has 6 nitrogen and oxygen atoms in total. The van der Waals surface area contributed by atoms with Gasteiger partial charge in [-0.3, -0.25) is 9.48 Å². The fourth-order valence-corrected chi connectivity index (χ4v) is 2.80. The summed E-state index contributed by atoms with van der Waals surface area (Å²) in [5.41, 5.74) is 0.459. The molecule has 0 unspecified atom stereocenters. The van der Waals surface area contributed by atoms with Gasteiger partial charge in [0.1, 0.15) is 35.4 Å². The van der Waals surface area contributed by atoms with Crippen LogP contribution in [-0.4, -0.2) is 47.9 Å². The van der Waals surface area contributed by atoms with Crippen molar-refractivity contribution in [2.45, 2.75) is 0 Å². The Balaban J connectivity index is 1.69. The number of benzene rings is 2. The standard InChI is InChI=1S/C21H21F2N3O3/c1-25(10-11-29-16-7-5-15(28-3)6-8-16)21(27)18-13-26(2)24-20(18)17-9-4-14(22)12-19(17)23/h4-9,12-13H,10-11H2,1-3H3. The van der Waals surface area contributed by atoms with Gasteiger partial charge in [-0.1, -0.05) is 0 Å². The van der Waals surface area contributed by atoms with Gasteiger partial charge in [-0.15, -0.1) is 0 Å². The molecule has 0 spiro atoms. The van der Waals surface area contributed by atoms with Crippen LogP contribution in [0, 0.1) is 11.6 Å². The second kappa shape index (κ2) is 8.72. The fourth-order valence-electron chi connectivity index (χ4n) is 2.80. The molecule has 29 heavy (non-hydrogen) atoms. The maximum Gasteiger partial charge on any atom is 0.257 e. The number of aryl methyl sites for hydroxylation is 1. The molecule has 0 saturated carbocycles. The van der Waals surface area contributed by atoms with E-state index in [1.165, 1.54) is 21.8 Å².